The van der Waals surface area contributed by atoms with Gasteiger partial charge in [0.2, 0.25) is 0 Å². The van der Waals surface area contributed by atoms with Crippen molar-refractivity contribution in [1.29, 1.82) is 0 Å². The summed E-state index contributed by atoms with van der Waals surface area (Å²) in [7, 11) is 0. The number of benzene rings is 1. The molecule has 0 N–H and O–H groups in total. The summed E-state index contributed by atoms with van der Waals surface area (Å²) in [5, 5.41) is 0. The minimum atomic E-state index is -4.11. The lowest BCUT2D eigenvalue weighted by molar-refractivity contribution is -0.125. The molecule has 1 rings (SSSR count). The van der Waals surface area contributed by atoms with Gasteiger partial charge in [-0.1, -0.05) is 54.6 Å². The van der Waals surface area contributed by atoms with E-state index in [1.165, 1.54) is 6.08 Å². The van der Waals surface area contributed by atoms with Gasteiger partial charge >= 0.3 is 6.18 Å². The summed E-state index contributed by atoms with van der Waals surface area (Å²) in [5.41, 5.74) is 0.967. The lowest BCUT2D eigenvalue weighted by Crippen LogP contribution is -2.03. The first kappa shape index (κ1) is 11.6. The normalized spacial score (nSPS) is 12.7. The van der Waals surface area contributed by atoms with Crippen molar-refractivity contribution in [2.24, 2.45) is 0 Å². The highest BCUT2D eigenvalue weighted by molar-refractivity contribution is 5.50. The van der Waals surface area contributed by atoms with E-state index in [1.54, 1.807) is 12.2 Å². The van der Waals surface area contributed by atoms with Crippen molar-refractivity contribution in [2.45, 2.75) is 12.6 Å². The van der Waals surface area contributed by atoms with E-state index in [0.717, 1.165) is 11.6 Å². The van der Waals surface area contributed by atoms with Crippen LogP contribution in [0, 0.1) is 0 Å². The Balaban J connectivity index is 2.41. The molecule has 3 heteroatoms. The Labute approximate surface area is 86.7 Å². The van der Waals surface area contributed by atoms with Crippen molar-refractivity contribution in [2.75, 3.05) is 0 Å². The maximum atomic E-state index is 11.7. The van der Waals surface area contributed by atoms with E-state index in [-0.39, 0.29) is 0 Å². The molecule has 1 aromatic rings. The van der Waals surface area contributed by atoms with E-state index in [9.17, 15) is 13.2 Å². The summed E-state index contributed by atoms with van der Waals surface area (Å²) in [4.78, 5) is 0. The predicted octanol–water partition coefficient (Wildman–Crippen LogP) is 4.21. The SMILES string of the molecule is FC(F)(F)C/C=C/C=C/c1ccccc1. The van der Waals surface area contributed by atoms with Crippen LogP contribution < -0.4 is 0 Å². The molecule has 0 aliphatic rings. The molecule has 0 amide bonds. The highest BCUT2D eigenvalue weighted by Crippen LogP contribution is 2.19. The Hall–Kier alpha value is -1.51. The summed E-state index contributed by atoms with van der Waals surface area (Å²) in [5.74, 6) is 0. The van der Waals surface area contributed by atoms with Gasteiger partial charge in [0.05, 0.1) is 6.42 Å². The fourth-order valence-electron chi connectivity index (χ4n) is 1.01. The van der Waals surface area contributed by atoms with Gasteiger partial charge in [-0.3, -0.25) is 0 Å². The molecule has 0 saturated heterocycles. The maximum absolute atomic E-state index is 11.7. The van der Waals surface area contributed by atoms with E-state index >= 15 is 0 Å². The number of alkyl halides is 3. The second-order valence-electron chi connectivity index (χ2n) is 3.02. The highest BCUT2D eigenvalue weighted by Gasteiger charge is 2.24. The fraction of sp³-hybridized carbons (Fsp3) is 0.167. The quantitative estimate of drug-likeness (QED) is 0.658. The molecule has 0 aliphatic carbocycles. The number of allylic oxidation sites excluding steroid dienone is 3. The van der Waals surface area contributed by atoms with Gasteiger partial charge in [0.25, 0.3) is 0 Å². The third-order valence-corrected chi connectivity index (χ3v) is 1.68. The van der Waals surface area contributed by atoms with Gasteiger partial charge in [0.1, 0.15) is 0 Å². The van der Waals surface area contributed by atoms with E-state index in [2.05, 4.69) is 0 Å². The van der Waals surface area contributed by atoms with Crippen molar-refractivity contribution in [1.82, 2.24) is 0 Å². The van der Waals surface area contributed by atoms with Crippen LogP contribution >= 0.6 is 0 Å². The molecule has 0 fully saturated rings. The molecule has 0 aliphatic heterocycles. The molecule has 0 nitrogen and oxygen atoms in total. The smallest absolute Gasteiger partial charge is 0.171 e. The standard InChI is InChI=1S/C12H11F3/c13-12(14,15)10-6-2-5-9-11-7-3-1-4-8-11/h1-9H,10H2/b6-2+,9-5+. The monoisotopic (exact) mass is 212 g/mol. The number of hydrogen-bond acceptors (Lipinski definition) is 0. The molecule has 0 heterocycles. The van der Waals surface area contributed by atoms with Gasteiger partial charge < -0.3 is 0 Å². The van der Waals surface area contributed by atoms with Gasteiger partial charge in [0, 0.05) is 0 Å². The van der Waals surface area contributed by atoms with E-state index < -0.39 is 12.6 Å². The lowest BCUT2D eigenvalue weighted by Gasteiger charge is -1.98. The van der Waals surface area contributed by atoms with Crippen molar-refractivity contribution in [3.63, 3.8) is 0 Å². The summed E-state index contributed by atoms with van der Waals surface area (Å²) in [6.07, 6.45) is 0.858. The van der Waals surface area contributed by atoms with E-state index in [1.807, 2.05) is 30.3 Å². The van der Waals surface area contributed by atoms with Crippen LogP contribution in [0.1, 0.15) is 12.0 Å². The van der Waals surface area contributed by atoms with Crippen LogP contribution in [-0.4, -0.2) is 6.18 Å². The van der Waals surface area contributed by atoms with Gasteiger partial charge in [-0.25, -0.2) is 0 Å². The van der Waals surface area contributed by atoms with Crippen molar-refractivity contribution >= 4 is 6.08 Å². The second kappa shape index (κ2) is 5.39. The minimum Gasteiger partial charge on any atom is -0.171 e. The largest absolute Gasteiger partial charge is 0.392 e. The average molecular weight is 212 g/mol. The topological polar surface area (TPSA) is 0 Å². The summed E-state index contributed by atoms with van der Waals surface area (Å²) in [6.45, 7) is 0. The number of rotatable bonds is 3. The Bertz CT molecular complexity index is 334. The van der Waals surface area contributed by atoms with Crippen LogP contribution in [0.3, 0.4) is 0 Å². The molecule has 0 radical (unpaired) electrons. The fourth-order valence-corrected chi connectivity index (χ4v) is 1.01. The zero-order valence-corrected chi connectivity index (χ0v) is 8.04. The first-order chi connectivity index (χ1) is 7.08. The summed E-state index contributed by atoms with van der Waals surface area (Å²) in [6, 6.07) is 9.40. The minimum absolute atomic E-state index is 0.883. The van der Waals surface area contributed by atoms with Crippen LogP contribution in [0.2, 0.25) is 0 Å². The van der Waals surface area contributed by atoms with E-state index in [4.69, 9.17) is 0 Å². The van der Waals surface area contributed by atoms with Gasteiger partial charge in [-0.2, -0.15) is 13.2 Å². The van der Waals surface area contributed by atoms with Crippen LogP contribution in [0.25, 0.3) is 6.08 Å². The van der Waals surface area contributed by atoms with Gasteiger partial charge in [-0.05, 0) is 5.56 Å². The molecule has 0 aromatic heterocycles. The van der Waals surface area contributed by atoms with E-state index in [0.29, 0.717) is 0 Å². The summed E-state index contributed by atoms with van der Waals surface area (Å²) >= 11 is 0. The average Bonchev–Trinajstić information content (AvgIpc) is 2.17. The molecule has 0 unspecified atom stereocenters. The number of halogens is 3. The highest BCUT2D eigenvalue weighted by atomic mass is 19.4. The van der Waals surface area contributed by atoms with Crippen molar-refractivity contribution in [3.05, 3.63) is 54.1 Å². The first-order valence-electron chi connectivity index (χ1n) is 4.53. The second-order valence-corrected chi connectivity index (χ2v) is 3.02. The Morgan fingerprint density at radius 3 is 2.27 bits per heavy atom. The molecule has 0 spiro atoms. The van der Waals surface area contributed by atoms with Crippen molar-refractivity contribution < 1.29 is 13.2 Å². The van der Waals surface area contributed by atoms with Gasteiger partial charge in [0.15, 0.2) is 0 Å². The molecule has 15 heavy (non-hydrogen) atoms. The number of hydrogen-bond donors (Lipinski definition) is 0. The third kappa shape index (κ3) is 5.73. The predicted molar refractivity (Wildman–Crippen MR) is 55.3 cm³/mol. The molecule has 0 atom stereocenters. The van der Waals surface area contributed by atoms with Crippen LogP contribution in [-0.2, 0) is 0 Å². The third-order valence-electron chi connectivity index (χ3n) is 1.68. The van der Waals surface area contributed by atoms with Crippen molar-refractivity contribution in [3.8, 4) is 0 Å². The molecule has 80 valence electrons. The lowest BCUT2D eigenvalue weighted by atomic mass is 10.2. The van der Waals surface area contributed by atoms with Crippen LogP contribution in [0.5, 0.6) is 0 Å². The molecule has 0 bridgehead atoms. The molecule has 0 saturated carbocycles. The first-order valence-corrected chi connectivity index (χ1v) is 4.53. The maximum Gasteiger partial charge on any atom is 0.392 e. The Kier molecular flexibility index (Phi) is 4.16. The molecular weight excluding hydrogens is 201 g/mol. The summed E-state index contributed by atoms with van der Waals surface area (Å²) < 4.78 is 35.2. The van der Waals surface area contributed by atoms with Crippen LogP contribution in [0.15, 0.2) is 48.6 Å². The zero-order valence-electron chi connectivity index (χ0n) is 8.04. The molecular formula is C12H11F3. The Morgan fingerprint density at radius 2 is 1.67 bits per heavy atom. The molecule has 1 aromatic carbocycles. The Morgan fingerprint density at radius 1 is 1.00 bits per heavy atom. The zero-order chi connectivity index (χ0) is 11.1. The van der Waals surface area contributed by atoms with Gasteiger partial charge in [-0.15, -0.1) is 0 Å². The van der Waals surface area contributed by atoms with Crippen LogP contribution in [0.4, 0.5) is 13.2 Å².